The summed E-state index contributed by atoms with van der Waals surface area (Å²) in [4.78, 5) is 37.9. The number of nitrogens with zero attached hydrogens (tertiary/aromatic N) is 2. The van der Waals surface area contributed by atoms with Gasteiger partial charge in [-0.25, -0.2) is 4.79 Å². The number of fused-ring (bicyclic) bond motifs is 1. The Morgan fingerprint density at radius 1 is 1.63 bits per heavy atom. The minimum Gasteiger partial charge on any atom is -0.477 e. The number of ether oxygens (including phenoxy) is 1. The summed E-state index contributed by atoms with van der Waals surface area (Å²) >= 11 is 1.27. The molecule has 8 nitrogen and oxygen atoms in total. The number of rotatable bonds is 3. The van der Waals surface area contributed by atoms with Crippen molar-refractivity contribution in [1.82, 2.24) is 4.90 Å². The van der Waals surface area contributed by atoms with Crippen LogP contribution in [0.1, 0.15) is 6.92 Å². The van der Waals surface area contributed by atoms with Gasteiger partial charge in [0.15, 0.2) is 5.37 Å². The van der Waals surface area contributed by atoms with E-state index >= 15 is 0 Å². The van der Waals surface area contributed by atoms with Crippen molar-refractivity contribution < 1.29 is 29.0 Å². The molecule has 0 saturated carbocycles. The minimum absolute atomic E-state index is 0.0373. The largest absolute Gasteiger partial charge is 0.477 e. The SMILES string of the molecule is CC(=O)OCC1=C(C(=O)O)N2C(=O)C(=[N+]=N)C2SC1. The van der Waals surface area contributed by atoms with Crippen LogP contribution in [0.4, 0.5) is 0 Å². The van der Waals surface area contributed by atoms with Crippen LogP contribution in [-0.4, -0.2) is 56.1 Å². The van der Waals surface area contributed by atoms with Crippen molar-refractivity contribution in [2.75, 3.05) is 12.4 Å². The van der Waals surface area contributed by atoms with E-state index in [1.807, 2.05) is 0 Å². The second-order valence-electron chi connectivity index (χ2n) is 3.87. The minimum atomic E-state index is -1.26. The van der Waals surface area contributed by atoms with Crippen molar-refractivity contribution in [3.63, 3.8) is 0 Å². The molecule has 1 saturated heterocycles. The fourth-order valence-electron chi connectivity index (χ4n) is 1.84. The lowest BCUT2D eigenvalue weighted by atomic mass is 10.1. The van der Waals surface area contributed by atoms with E-state index < -0.39 is 23.2 Å². The summed E-state index contributed by atoms with van der Waals surface area (Å²) in [5.74, 6) is -2.06. The highest BCUT2D eigenvalue weighted by atomic mass is 32.2. The van der Waals surface area contributed by atoms with Crippen LogP contribution in [0.5, 0.6) is 0 Å². The molecule has 2 heterocycles. The molecule has 1 fully saturated rings. The third kappa shape index (κ3) is 2.13. The Balaban J connectivity index is 2.32. The Morgan fingerprint density at radius 3 is 2.84 bits per heavy atom. The number of β-lactam (4-membered cyclic amide) rings is 1. The molecule has 0 aromatic carbocycles. The van der Waals surface area contributed by atoms with E-state index in [2.05, 4.69) is 4.79 Å². The number of thioether (sulfide) groups is 1. The van der Waals surface area contributed by atoms with E-state index in [1.165, 1.54) is 18.7 Å². The average molecular weight is 284 g/mol. The highest BCUT2D eigenvalue weighted by Gasteiger charge is 2.59. The second kappa shape index (κ2) is 4.87. The van der Waals surface area contributed by atoms with Gasteiger partial charge >= 0.3 is 23.6 Å². The molecule has 1 amide bonds. The average Bonchev–Trinajstić information content (AvgIpc) is 2.35. The van der Waals surface area contributed by atoms with Gasteiger partial charge < -0.3 is 9.84 Å². The third-order valence-corrected chi connectivity index (χ3v) is 3.94. The lowest BCUT2D eigenvalue weighted by Gasteiger charge is -2.38. The molecule has 100 valence electrons. The Kier molecular flexibility index (Phi) is 3.41. The molecule has 0 aliphatic carbocycles. The number of hydrogen-bond acceptors (Lipinski definition) is 6. The first-order valence-corrected chi connectivity index (χ1v) is 6.30. The van der Waals surface area contributed by atoms with Gasteiger partial charge in [0.1, 0.15) is 12.3 Å². The van der Waals surface area contributed by atoms with E-state index in [-0.39, 0.29) is 18.0 Å². The van der Waals surface area contributed by atoms with E-state index in [9.17, 15) is 19.5 Å². The Hall–Kier alpha value is -2.12. The highest BCUT2D eigenvalue weighted by Crippen LogP contribution is 2.37. The summed E-state index contributed by atoms with van der Waals surface area (Å²) in [5, 5.41) is 8.65. The van der Waals surface area contributed by atoms with Crippen LogP contribution in [0.3, 0.4) is 0 Å². The summed E-state index contributed by atoms with van der Waals surface area (Å²) in [7, 11) is 0. The first kappa shape index (κ1) is 13.3. The van der Waals surface area contributed by atoms with Crippen LogP contribution in [-0.2, 0) is 19.1 Å². The number of carbonyl (C=O) groups is 3. The van der Waals surface area contributed by atoms with Crippen LogP contribution in [0, 0.1) is 5.53 Å². The van der Waals surface area contributed by atoms with Crippen LogP contribution in [0.2, 0.25) is 0 Å². The van der Waals surface area contributed by atoms with Gasteiger partial charge in [0.2, 0.25) is 0 Å². The molecule has 1 atom stereocenters. The van der Waals surface area contributed by atoms with Crippen molar-refractivity contribution in [2.24, 2.45) is 0 Å². The molecular formula is C10H10N3O5S+. The molecule has 1 unspecified atom stereocenters. The molecule has 0 aromatic heterocycles. The fraction of sp³-hybridized carbons (Fsp3) is 0.400. The van der Waals surface area contributed by atoms with E-state index in [4.69, 9.17) is 10.3 Å². The van der Waals surface area contributed by atoms with Crippen molar-refractivity contribution in [3.05, 3.63) is 11.3 Å². The number of amides is 1. The molecule has 2 N–H and O–H groups in total. The molecular weight excluding hydrogens is 274 g/mol. The van der Waals surface area contributed by atoms with Crippen LogP contribution in [0.25, 0.3) is 0 Å². The van der Waals surface area contributed by atoms with Crippen molar-refractivity contribution in [3.8, 4) is 0 Å². The topological polar surface area (TPSA) is 122 Å². The predicted octanol–water partition coefficient (Wildman–Crippen LogP) is -0.517. The smallest absolute Gasteiger partial charge is 0.438 e. The zero-order chi connectivity index (χ0) is 14.2. The van der Waals surface area contributed by atoms with Gasteiger partial charge in [-0.05, 0) is 0 Å². The quantitative estimate of drug-likeness (QED) is 0.311. The number of carbonyl (C=O) groups excluding carboxylic acids is 2. The van der Waals surface area contributed by atoms with Gasteiger partial charge in [0.05, 0.1) is 10.3 Å². The van der Waals surface area contributed by atoms with Crippen LogP contribution < -0.4 is 0 Å². The third-order valence-electron chi connectivity index (χ3n) is 2.67. The summed E-state index contributed by atoms with van der Waals surface area (Å²) in [5.41, 5.74) is 7.09. The van der Waals surface area contributed by atoms with Crippen molar-refractivity contribution in [2.45, 2.75) is 12.3 Å². The van der Waals surface area contributed by atoms with Gasteiger partial charge in [0, 0.05) is 18.2 Å². The number of aliphatic carboxylic acids is 1. The highest BCUT2D eigenvalue weighted by molar-refractivity contribution is 8.01. The number of hydrogen-bond donors (Lipinski definition) is 2. The Bertz CT molecular complexity index is 564. The van der Waals surface area contributed by atoms with Crippen LogP contribution >= 0.6 is 11.8 Å². The summed E-state index contributed by atoms with van der Waals surface area (Å²) in [6.45, 7) is 1.06. The molecule has 2 aliphatic rings. The molecule has 0 bridgehead atoms. The number of esters is 1. The summed E-state index contributed by atoms with van der Waals surface area (Å²) in [6.07, 6.45) is 0. The molecule has 0 radical (unpaired) electrons. The number of carboxylic acid groups (broad SMARTS) is 1. The Morgan fingerprint density at radius 2 is 2.32 bits per heavy atom. The molecule has 9 heteroatoms. The first-order chi connectivity index (χ1) is 8.97. The van der Waals surface area contributed by atoms with E-state index in [1.54, 1.807) is 0 Å². The molecule has 0 spiro atoms. The first-order valence-electron chi connectivity index (χ1n) is 5.25. The van der Waals surface area contributed by atoms with Gasteiger partial charge in [-0.15, -0.1) is 11.8 Å². The monoisotopic (exact) mass is 284 g/mol. The molecule has 0 aromatic rings. The molecule has 19 heavy (non-hydrogen) atoms. The van der Waals surface area contributed by atoms with E-state index in [0.29, 0.717) is 11.3 Å². The number of nitrogens with one attached hydrogen (secondary N) is 1. The normalized spacial score (nSPS) is 21.5. The summed E-state index contributed by atoms with van der Waals surface area (Å²) in [6, 6.07) is 0. The van der Waals surface area contributed by atoms with E-state index in [0.717, 1.165) is 4.90 Å². The molecule has 2 aliphatic heterocycles. The molecule has 2 rings (SSSR count). The maximum absolute atomic E-state index is 11.7. The zero-order valence-electron chi connectivity index (χ0n) is 9.87. The lowest BCUT2D eigenvalue weighted by molar-refractivity contribution is -0.157. The maximum atomic E-state index is 11.7. The van der Waals surface area contributed by atoms with Gasteiger partial charge in [-0.3, -0.25) is 14.5 Å². The van der Waals surface area contributed by atoms with Gasteiger partial charge in [-0.2, -0.15) is 0 Å². The Labute approximate surface area is 111 Å². The zero-order valence-corrected chi connectivity index (χ0v) is 10.7. The standard InChI is InChI=1S/C10H9N3O5S/c1-4(14)18-2-5-3-19-9-6(12-11)8(15)13(9)7(5)10(16)17/h9,11H,2-3H2,1H3/p+1. The van der Waals surface area contributed by atoms with Crippen molar-refractivity contribution >= 4 is 35.3 Å². The lowest BCUT2D eigenvalue weighted by Crippen LogP contribution is -2.62. The number of carboxylic acids is 1. The van der Waals surface area contributed by atoms with Gasteiger partial charge in [-0.1, -0.05) is 0 Å². The summed E-state index contributed by atoms with van der Waals surface area (Å²) < 4.78 is 4.78. The predicted molar refractivity (Wildman–Crippen MR) is 62.4 cm³/mol. The fourth-order valence-corrected chi connectivity index (χ4v) is 3.08. The second-order valence-corrected chi connectivity index (χ2v) is 4.94. The van der Waals surface area contributed by atoms with Crippen LogP contribution in [0.15, 0.2) is 11.3 Å². The maximum Gasteiger partial charge on any atom is 0.438 e. The van der Waals surface area contributed by atoms with Crippen molar-refractivity contribution in [1.29, 1.82) is 5.53 Å². The van der Waals surface area contributed by atoms with Gasteiger partial charge in [0.25, 0.3) is 0 Å².